The van der Waals surface area contributed by atoms with E-state index in [9.17, 15) is 4.79 Å². The fourth-order valence-electron chi connectivity index (χ4n) is 6.12. The van der Waals surface area contributed by atoms with E-state index >= 15 is 0 Å². The molecule has 1 amide bonds. The summed E-state index contributed by atoms with van der Waals surface area (Å²) in [7, 11) is 2.12. The van der Waals surface area contributed by atoms with Crippen molar-refractivity contribution >= 4 is 5.91 Å². The first kappa shape index (κ1) is 22.5. The van der Waals surface area contributed by atoms with E-state index in [1.54, 1.807) is 0 Å². The Labute approximate surface area is 197 Å². The van der Waals surface area contributed by atoms with Gasteiger partial charge in [-0.15, -0.1) is 5.10 Å². The third kappa shape index (κ3) is 5.64. The van der Waals surface area contributed by atoms with Gasteiger partial charge in [0, 0.05) is 37.9 Å². The second kappa shape index (κ2) is 10.3. The molecule has 7 heteroatoms. The van der Waals surface area contributed by atoms with Crippen LogP contribution in [0.1, 0.15) is 56.2 Å². The SMILES string of the molecule is CN(Cc1ccccc1)Cc1cn(C[C@H]2CC3CCN2C[C@@H]3C(=O)NC2CCCCC2)nn1. The predicted molar refractivity (Wildman–Crippen MR) is 128 cm³/mol. The minimum Gasteiger partial charge on any atom is -0.353 e. The largest absolute Gasteiger partial charge is 0.353 e. The van der Waals surface area contributed by atoms with Gasteiger partial charge in [0.05, 0.1) is 18.2 Å². The molecule has 7 nitrogen and oxygen atoms in total. The second-order valence-electron chi connectivity index (χ2n) is 10.5. The summed E-state index contributed by atoms with van der Waals surface area (Å²) < 4.78 is 2.01. The highest BCUT2D eigenvalue weighted by atomic mass is 16.2. The molecule has 2 bridgehead atoms. The van der Waals surface area contributed by atoms with Crippen LogP contribution >= 0.6 is 0 Å². The van der Waals surface area contributed by atoms with Gasteiger partial charge >= 0.3 is 0 Å². The number of amides is 1. The van der Waals surface area contributed by atoms with Crippen molar-refractivity contribution in [1.82, 2.24) is 30.1 Å². The molecule has 0 spiro atoms. The lowest BCUT2D eigenvalue weighted by Crippen LogP contribution is -2.58. The van der Waals surface area contributed by atoms with Crippen LogP contribution in [-0.4, -0.2) is 62.9 Å². The molecule has 178 valence electrons. The zero-order valence-electron chi connectivity index (χ0n) is 19.9. The highest BCUT2D eigenvalue weighted by Gasteiger charge is 2.43. The van der Waals surface area contributed by atoms with Crippen molar-refractivity contribution in [3.8, 4) is 0 Å². The fourth-order valence-corrected chi connectivity index (χ4v) is 6.12. The molecule has 1 aliphatic carbocycles. The molecular formula is C26H38N6O. The van der Waals surface area contributed by atoms with Gasteiger partial charge in [0.15, 0.2) is 0 Å². The molecule has 4 heterocycles. The van der Waals surface area contributed by atoms with Crippen molar-refractivity contribution in [2.75, 3.05) is 20.1 Å². The monoisotopic (exact) mass is 450 g/mol. The van der Waals surface area contributed by atoms with E-state index < -0.39 is 0 Å². The van der Waals surface area contributed by atoms with Crippen LogP contribution in [0, 0.1) is 11.8 Å². The molecule has 3 aliphatic heterocycles. The molecule has 0 radical (unpaired) electrons. The summed E-state index contributed by atoms with van der Waals surface area (Å²) in [5.41, 5.74) is 2.31. The summed E-state index contributed by atoms with van der Waals surface area (Å²) in [5, 5.41) is 12.2. The average molecular weight is 451 g/mol. The van der Waals surface area contributed by atoms with Crippen molar-refractivity contribution in [2.24, 2.45) is 11.8 Å². The standard InChI is InChI=1S/C26H38N6O/c1-30(15-20-8-4-2-5-9-20)16-23-17-32(29-28-23)18-24-14-21-12-13-31(24)19-25(21)26(33)27-22-10-6-3-7-11-22/h2,4-5,8-9,17,21-22,24-25H,3,6-7,10-16,18-19H2,1H3,(H,27,33)/t21?,24-,25+/m1/s1. The Balaban J connectivity index is 1.12. The van der Waals surface area contributed by atoms with Crippen LogP contribution in [0.5, 0.6) is 0 Å². The number of nitrogens with one attached hydrogen (secondary N) is 1. The van der Waals surface area contributed by atoms with E-state index in [4.69, 9.17) is 0 Å². The maximum absolute atomic E-state index is 13.0. The topological polar surface area (TPSA) is 66.3 Å². The molecule has 6 rings (SSSR count). The number of fused-ring (bicyclic) bond motifs is 3. The Hall–Kier alpha value is -2.25. The van der Waals surface area contributed by atoms with Crippen molar-refractivity contribution in [3.63, 3.8) is 0 Å². The molecule has 4 aliphatic rings. The van der Waals surface area contributed by atoms with Crippen LogP contribution in [0.15, 0.2) is 36.5 Å². The Morgan fingerprint density at radius 3 is 2.70 bits per heavy atom. The van der Waals surface area contributed by atoms with E-state index in [2.05, 4.69) is 69.0 Å². The smallest absolute Gasteiger partial charge is 0.224 e. The first-order valence-electron chi connectivity index (χ1n) is 12.8. The van der Waals surface area contributed by atoms with Crippen molar-refractivity contribution in [1.29, 1.82) is 0 Å². The van der Waals surface area contributed by atoms with E-state index in [1.807, 2.05) is 4.68 Å². The molecule has 2 unspecified atom stereocenters. The fraction of sp³-hybridized carbons (Fsp3) is 0.654. The minimum absolute atomic E-state index is 0.162. The molecule has 1 N–H and O–H groups in total. The van der Waals surface area contributed by atoms with Crippen molar-refractivity contribution in [3.05, 3.63) is 47.8 Å². The van der Waals surface area contributed by atoms with Crippen molar-refractivity contribution < 1.29 is 4.79 Å². The minimum atomic E-state index is 0.162. The lowest BCUT2D eigenvalue weighted by atomic mass is 9.75. The number of hydrogen-bond donors (Lipinski definition) is 1. The number of aromatic nitrogens is 3. The maximum atomic E-state index is 13.0. The van der Waals surface area contributed by atoms with Gasteiger partial charge in [0.25, 0.3) is 0 Å². The highest BCUT2D eigenvalue weighted by Crippen LogP contribution is 2.37. The number of rotatable bonds is 8. The molecule has 1 aromatic heterocycles. The molecule has 4 atom stereocenters. The molecule has 3 saturated heterocycles. The van der Waals surface area contributed by atoms with Crippen LogP contribution < -0.4 is 5.32 Å². The highest BCUT2D eigenvalue weighted by molar-refractivity contribution is 5.79. The third-order valence-corrected chi connectivity index (χ3v) is 7.88. The van der Waals surface area contributed by atoms with Crippen molar-refractivity contribution in [2.45, 2.75) is 76.7 Å². The number of carbonyl (C=O) groups excluding carboxylic acids is 1. The van der Waals surface area contributed by atoms with Gasteiger partial charge in [-0.1, -0.05) is 54.8 Å². The summed E-state index contributed by atoms with van der Waals surface area (Å²) >= 11 is 0. The maximum Gasteiger partial charge on any atom is 0.224 e. The molecule has 4 fully saturated rings. The number of benzene rings is 1. The molecule has 33 heavy (non-hydrogen) atoms. The Kier molecular flexibility index (Phi) is 7.07. The van der Waals surface area contributed by atoms with E-state index in [0.717, 1.165) is 64.1 Å². The van der Waals surface area contributed by atoms with Gasteiger partial charge in [-0.3, -0.25) is 19.3 Å². The zero-order valence-corrected chi connectivity index (χ0v) is 19.9. The normalized spacial score (nSPS) is 27.7. The first-order chi connectivity index (χ1) is 16.1. The van der Waals surface area contributed by atoms with E-state index in [1.165, 1.54) is 24.8 Å². The number of nitrogens with zero attached hydrogens (tertiary/aromatic N) is 5. The summed E-state index contributed by atoms with van der Waals surface area (Å²) in [5.74, 6) is 0.970. The van der Waals surface area contributed by atoms with Gasteiger partial charge in [-0.2, -0.15) is 0 Å². The molecule has 1 aromatic carbocycles. The van der Waals surface area contributed by atoms with Crippen LogP contribution in [0.3, 0.4) is 0 Å². The van der Waals surface area contributed by atoms with Crippen LogP contribution in [0.25, 0.3) is 0 Å². The molecule has 1 saturated carbocycles. The molecular weight excluding hydrogens is 412 g/mol. The predicted octanol–water partition coefficient (Wildman–Crippen LogP) is 3.07. The van der Waals surface area contributed by atoms with Gasteiger partial charge in [0.2, 0.25) is 5.91 Å². The zero-order chi connectivity index (χ0) is 22.6. The summed E-state index contributed by atoms with van der Waals surface area (Å²) in [6.07, 6.45) is 10.5. The summed E-state index contributed by atoms with van der Waals surface area (Å²) in [6.45, 7) is 4.55. The Morgan fingerprint density at radius 1 is 1.12 bits per heavy atom. The van der Waals surface area contributed by atoms with Gasteiger partial charge in [-0.05, 0) is 50.8 Å². The lowest BCUT2D eigenvalue weighted by Gasteiger charge is -2.49. The Morgan fingerprint density at radius 2 is 1.94 bits per heavy atom. The number of piperidine rings is 3. The van der Waals surface area contributed by atoms with Crippen LogP contribution in [-0.2, 0) is 24.4 Å². The quantitative estimate of drug-likeness (QED) is 0.670. The van der Waals surface area contributed by atoms with Crippen LogP contribution in [0.2, 0.25) is 0 Å². The summed E-state index contributed by atoms with van der Waals surface area (Å²) in [4.78, 5) is 17.8. The van der Waals surface area contributed by atoms with Gasteiger partial charge < -0.3 is 5.32 Å². The Bertz CT molecular complexity index is 909. The summed E-state index contributed by atoms with van der Waals surface area (Å²) in [6, 6.07) is 11.4. The van der Waals surface area contributed by atoms with E-state index in [-0.39, 0.29) is 5.92 Å². The van der Waals surface area contributed by atoms with Gasteiger partial charge in [-0.25, -0.2) is 0 Å². The molecule has 2 aromatic rings. The average Bonchev–Trinajstić information content (AvgIpc) is 3.27. The lowest BCUT2D eigenvalue weighted by molar-refractivity contribution is -0.134. The van der Waals surface area contributed by atoms with Crippen LogP contribution in [0.4, 0.5) is 0 Å². The third-order valence-electron chi connectivity index (χ3n) is 7.88. The van der Waals surface area contributed by atoms with Gasteiger partial charge in [0.1, 0.15) is 0 Å². The second-order valence-corrected chi connectivity index (χ2v) is 10.5. The first-order valence-corrected chi connectivity index (χ1v) is 12.8. The van der Waals surface area contributed by atoms with E-state index in [0.29, 0.717) is 23.9 Å². The number of hydrogen-bond acceptors (Lipinski definition) is 5. The number of carbonyl (C=O) groups is 1.